The molecule has 0 bridgehead atoms. The molecule has 0 spiro atoms. The first-order valence-electron chi connectivity index (χ1n) is 9.85. The van der Waals surface area contributed by atoms with Crippen LogP contribution in [0.5, 0.6) is 0 Å². The van der Waals surface area contributed by atoms with E-state index in [9.17, 15) is 18.0 Å². The second kappa shape index (κ2) is 7.72. The van der Waals surface area contributed by atoms with E-state index < -0.39 is 17.7 Å². The number of esters is 1. The molecule has 0 atom stereocenters. The summed E-state index contributed by atoms with van der Waals surface area (Å²) < 4.78 is 46.8. The molecule has 0 unspecified atom stereocenters. The van der Waals surface area contributed by atoms with E-state index in [4.69, 9.17) is 4.74 Å². The molecule has 160 valence electrons. The van der Waals surface area contributed by atoms with Crippen LogP contribution in [0, 0.1) is 0 Å². The van der Waals surface area contributed by atoms with Crippen LogP contribution in [0.1, 0.15) is 47.7 Å². The standard InChI is InChI=1S/C24H21F3N2O2/c1-14(2)23-19(7-8-22(30)31-3)20-9-15-12-28-13-16(15)10-21(20)29(23)18-6-4-5-17(11-18)24(25,26)27/h4-11,13-14H,12H2,1-3H3/b8-7+. The van der Waals surface area contributed by atoms with Gasteiger partial charge in [0.2, 0.25) is 0 Å². The quantitative estimate of drug-likeness (QED) is 0.386. The average molecular weight is 426 g/mol. The topological polar surface area (TPSA) is 43.6 Å². The third-order valence-corrected chi connectivity index (χ3v) is 5.36. The average Bonchev–Trinajstić information content (AvgIpc) is 3.31. The minimum Gasteiger partial charge on any atom is -0.466 e. The van der Waals surface area contributed by atoms with Crippen LogP contribution in [0.25, 0.3) is 22.7 Å². The zero-order valence-corrected chi connectivity index (χ0v) is 17.3. The van der Waals surface area contributed by atoms with Gasteiger partial charge in [0.15, 0.2) is 0 Å². The highest BCUT2D eigenvalue weighted by molar-refractivity contribution is 6.00. The Kier molecular flexibility index (Phi) is 5.21. The van der Waals surface area contributed by atoms with Crippen LogP contribution in [0.2, 0.25) is 0 Å². The Balaban J connectivity index is 2.06. The molecular weight excluding hydrogens is 405 g/mol. The molecule has 2 heterocycles. The number of hydrogen-bond acceptors (Lipinski definition) is 3. The van der Waals surface area contributed by atoms with E-state index >= 15 is 0 Å². The number of alkyl halides is 3. The van der Waals surface area contributed by atoms with Gasteiger partial charge in [0, 0.05) is 34.6 Å². The van der Waals surface area contributed by atoms with Crippen LogP contribution in [-0.2, 0) is 22.3 Å². The Morgan fingerprint density at radius 1 is 1.23 bits per heavy atom. The van der Waals surface area contributed by atoms with Crippen molar-refractivity contribution in [2.24, 2.45) is 4.99 Å². The zero-order valence-electron chi connectivity index (χ0n) is 17.3. The number of halogens is 3. The van der Waals surface area contributed by atoms with E-state index in [1.807, 2.05) is 30.5 Å². The lowest BCUT2D eigenvalue weighted by Gasteiger charge is -2.16. The van der Waals surface area contributed by atoms with Crippen LogP contribution in [0.4, 0.5) is 13.2 Å². The second-order valence-electron chi connectivity index (χ2n) is 7.73. The van der Waals surface area contributed by atoms with Crippen molar-refractivity contribution in [2.45, 2.75) is 32.5 Å². The van der Waals surface area contributed by atoms with E-state index in [0.717, 1.165) is 45.4 Å². The molecule has 0 saturated heterocycles. The molecule has 1 aromatic heterocycles. The fourth-order valence-corrected chi connectivity index (χ4v) is 4.00. The molecular formula is C24H21F3N2O2. The lowest BCUT2D eigenvalue weighted by atomic mass is 10.0. The fourth-order valence-electron chi connectivity index (χ4n) is 4.00. The summed E-state index contributed by atoms with van der Waals surface area (Å²) >= 11 is 0. The summed E-state index contributed by atoms with van der Waals surface area (Å²) in [5, 5.41) is 0.852. The maximum Gasteiger partial charge on any atom is 0.416 e. The molecule has 4 rings (SSSR count). The van der Waals surface area contributed by atoms with Gasteiger partial charge in [-0.2, -0.15) is 13.2 Å². The minimum absolute atomic E-state index is 0.0252. The number of carbonyl (C=O) groups excluding carboxylic acids is 1. The smallest absolute Gasteiger partial charge is 0.416 e. The first-order valence-corrected chi connectivity index (χ1v) is 9.85. The summed E-state index contributed by atoms with van der Waals surface area (Å²) in [6, 6.07) is 9.24. The second-order valence-corrected chi connectivity index (χ2v) is 7.73. The molecule has 1 aliphatic heterocycles. The van der Waals surface area contributed by atoms with Crippen molar-refractivity contribution in [3.63, 3.8) is 0 Å². The number of aliphatic imine (C=N–C) groups is 1. The molecule has 0 radical (unpaired) electrons. The Morgan fingerprint density at radius 3 is 2.68 bits per heavy atom. The maximum absolute atomic E-state index is 13.4. The van der Waals surface area contributed by atoms with Gasteiger partial charge in [0.25, 0.3) is 0 Å². The normalized spacial score (nSPS) is 13.5. The summed E-state index contributed by atoms with van der Waals surface area (Å²) in [5.41, 5.74) is 4.04. The van der Waals surface area contributed by atoms with Gasteiger partial charge in [-0.3, -0.25) is 4.99 Å². The lowest BCUT2D eigenvalue weighted by Crippen LogP contribution is -2.08. The molecule has 0 saturated carbocycles. The van der Waals surface area contributed by atoms with Crippen LogP contribution in [0.15, 0.2) is 47.5 Å². The number of ether oxygens (including phenoxy) is 1. The lowest BCUT2D eigenvalue weighted by molar-refractivity contribution is -0.137. The Labute approximate surface area is 177 Å². The first-order chi connectivity index (χ1) is 14.7. The fraction of sp³-hybridized carbons (Fsp3) is 0.250. The summed E-state index contributed by atoms with van der Waals surface area (Å²) in [4.78, 5) is 16.1. The number of methoxy groups -OCH3 is 1. The molecule has 2 aromatic carbocycles. The number of carbonyl (C=O) groups is 1. The number of rotatable bonds is 4. The molecule has 3 aromatic rings. The molecule has 1 aliphatic rings. The highest BCUT2D eigenvalue weighted by Crippen LogP contribution is 2.38. The first kappa shape index (κ1) is 20.9. The monoisotopic (exact) mass is 426 g/mol. The van der Waals surface area contributed by atoms with Crippen molar-refractivity contribution in [1.29, 1.82) is 0 Å². The zero-order chi connectivity index (χ0) is 22.3. The van der Waals surface area contributed by atoms with Gasteiger partial charge in [-0.25, -0.2) is 4.79 Å². The molecule has 7 heteroatoms. The Bertz CT molecular complexity index is 1230. The highest BCUT2D eigenvalue weighted by atomic mass is 19.4. The highest BCUT2D eigenvalue weighted by Gasteiger charge is 2.31. The van der Waals surface area contributed by atoms with Crippen molar-refractivity contribution in [3.8, 4) is 5.69 Å². The van der Waals surface area contributed by atoms with E-state index in [2.05, 4.69) is 4.99 Å². The summed E-state index contributed by atoms with van der Waals surface area (Å²) in [5.74, 6) is -0.526. The van der Waals surface area contributed by atoms with Crippen molar-refractivity contribution in [3.05, 3.63) is 70.4 Å². The molecule has 31 heavy (non-hydrogen) atoms. The predicted molar refractivity (Wildman–Crippen MR) is 115 cm³/mol. The van der Waals surface area contributed by atoms with Gasteiger partial charge < -0.3 is 9.30 Å². The van der Waals surface area contributed by atoms with Gasteiger partial charge in [0.05, 0.1) is 24.7 Å². The van der Waals surface area contributed by atoms with E-state index in [1.165, 1.54) is 19.3 Å². The molecule has 0 aliphatic carbocycles. The van der Waals surface area contributed by atoms with Crippen LogP contribution >= 0.6 is 0 Å². The summed E-state index contributed by atoms with van der Waals surface area (Å²) in [6.45, 7) is 4.50. The number of aromatic nitrogens is 1. The van der Waals surface area contributed by atoms with Gasteiger partial charge in [-0.05, 0) is 53.5 Å². The predicted octanol–water partition coefficient (Wildman–Crippen LogP) is 5.89. The Hall–Kier alpha value is -3.35. The van der Waals surface area contributed by atoms with Gasteiger partial charge in [-0.15, -0.1) is 0 Å². The molecule has 0 fully saturated rings. The van der Waals surface area contributed by atoms with E-state index in [1.54, 1.807) is 18.4 Å². The van der Waals surface area contributed by atoms with E-state index in [-0.39, 0.29) is 5.92 Å². The number of nitrogens with zero attached hydrogens (tertiary/aromatic N) is 2. The largest absolute Gasteiger partial charge is 0.466 e. The third kappa shape index (κ3) is 3.76. The summed E-state index contributed by atoms with van der Waals surface area (Å²) in [7, 11) is 1.30. The van der Waals surface area contributed by atoms with Crippen molar-refractivity contribution < 1.29 is 22.7 Å². The minimum atomic E-state index is -4.45. The van der Waals surface area contributed by atoms with Crippen LogP contribution in [-0.4, -0.2) is 23.9 Å². The van der Waals surface area contributed by atoms with Crippen molar-refractivity contribution in [1.82, 2.24) is 4.57 Å². The maximum atomic E-state index is 13.4. The number of hydrogen-bond donors (Lipinski definition) is 0. The SMILES string of the molecule is COC(=O)/C=C/c1c(C(C)C)n(-c2cccc(C(F)(F)F)c2)c2cc3c(cc12)CN=C3. The van der Waals surface area contributed by atoms with Crippen LogP contribution in [0.3, 0.4) is 0 Å². The molecule has 0 amide bonds. The van der Waals surface area contributed by atoms with Gasteiger partial charge in [-0.1, -0.05) is 19.9 Å². The van der Waals surface area contributed by atoms with Crippen LogP contribution < -0.4 is 0 Å². The number of fused-ring (bicyclic) bond motifs is 2. The number of benzene rings is 2. The summed E-state index contributed by atoms with van der Waals surface area (Å²) in [6.07, 6.45) is 0.340. The van der Waals surface area contributed by atoms with Gasteiger partial charge >= 0.3 is 12.1 Å². The Morgan fingerprint density at radius 2 is 2.00 bits per heavy atom. The van der Waals surface area contributed by atoms with Crippen molar-refractivity contribution >= 4 is 29.2 Å². The van der Waals surface area contributed by atoms with Crippen molar-refractivity contribution in [2.75, 3.05) is 7.11 Å². The third-order valence-electron chi connectivity index (χ3n) is 5.36. The van der Waals surface area contributed by atoms with Gasteiger partial charge in [0.1, 0.15) is 0 Å². The molecule has 4 nitrogen and oxygen atoms in total. The molecule has 0 N–H and O–H groups in total. The van der Waals surface area contributed by atoms with E-state index in [0.29, 0.717) is 12.2 Å².